The van der Waals surface area contributed by atoms with Crippen molar-refractivity contribution in [3.8, 4) is 11.5 Å². The highest BCUT2D eigenvalue weighted by Gasteiger charge is 2.24. The van der Waals surface area contributed by atoms with Crippen LogP contribution in [0.3, 0.4) is 0 Å². The number of hydrogen-bond acceptors (Lipinski definition) is 8. The van der Waals surface area contributed by atoms with Gasteiger partial charge in [0.05, 0.1) is 11.3 Å². The molecule has 0 aliphatic rings. The average molecular weight is 479 g/mol. The summed E-state index contributed by atoms with van der Waals surface area (Å²) < 4.78 is 40.4. The van der Waals surface area contributed by atoms with Gasteiger partial charge in [0.25, 0.3) is 0 Å². The van der Waals surface area contributed by atoms with E-state index in [1.165, 1.54) is 6.07 Å². The molecule has 0 atom stereocenters. The Balaban J connectivity index is 2.34. The Bertz CT molecular complexity index is 1040. The van der Waals surface area contributed by atoms with Gasteiger partial charge in [-0.25, -0.2) is 18.4 Å². The van der Waals surface area contributed by atoms with E-state index in [-0.39, 0.29) is 28.3 Å². The molecule has 2 rings (SSSR count). The van der Waals surface area contributed by atoms with Crippen LogP contribution in [-0.4, -0.2) is 33.7 Å². The van der Waals surface area contributed by atoms with Gasteiger partial charge in [0.2, 0.25) is 16.8 Å². The van der Waals surface area contributed by atoms with Gasteiger partial charge in [-0.3, -0.25) is 4.79 Å². The third-order valence-corrected chi connectivity index (χ3v) is 5.47. The van der Waals surface area contributed by atoms with Crippen LogP contribution in [0, 0.1) is 0 Å². The molecule has 0 radical (unpaired) electrons. The quantitative estimate of drug-likeness (QED) is 0.249. The molecule has 3 N–H and O–H groups in total. The topological polar surface area (TPSA) is 134 Å². The monoisotopic (exact) mass is 478 g/mol. The number of sulfonamides is 1. The number of carbonyl (C=O) groups excluding carboxylic acids is 2. The van der Waals surface area contributed by atoms with Crippen molar-refractivity contribution < 1.29 is 32.2 Å². The van der Waals surface area contributed by atoms with Crippen molar-refractivity contribution in [2.24, 2.45) is 5.14 Å². The highest BCUT2D eigenvalue weighted by atomic mass is 32.2. The highest BCUT2D eigenvalue weighted by molar-refractivity contribution is 7.89. The van der Waals surface area contributed by atoms with Gasteiger partial charge in [0.1, 0.15) is 10.6 Å². The number of benzene rings is 2. The number of esters is 2. The summed E-state index contributed by atoms with van der Waals surface area (Å²) >= 11 is 0. The van der Waals surface area contributed by atoms with Crippen LogP contribution in [0.4, 0.5) is 5.69 Å². The van der Waals surface area contributed by atoms with Gasteiger partial charge in [-0.1, -0.05) is 44.9 Å². The molecule has 0 unspecified atom stereocenters. The van der Waals surface area contributed by atoms with Crippen molar-refractivity contribution in [2.75, 3.05) is 18.7 Å². The van der Waals surface area contributed by atoms with Gasteiger partial charge in [0.15, 0.2) is 5.75 Å². The lowest BCUT2D eigenvalue weighted by molar-refractivity contribution is -0.152. The SMILES string of the molecule is CCCCNc1cc(C(=O)OCOC(=O)CCCC)cc(S(N)(=O)=O)c1Oc1ccccc1. The molecule has 0 bridgehead atoms. The Hall–Kier alpha value is -3.11. The molecule has 0 aliphatic heterocycles. The van der Waals surface area contributed by atoms with Crippen molar-refractivity contribution in [2.45, 2.75) is 50.8 Å². The number of ether oxygens (including phenoxy) is 3. The molecule has 0 heterocycles. The fourth-order valence-electron chi connectivity index (χ4n) is 2.80. The van der Waals surface area contributed by atoms with Crippen LogP contribution < -0.4 is 15.2 Å². The van der Waals surface area contributed by atoms with Crippen molar-refractivity contribution in [3.05, 3.63) is 48.0 Å². The van der Waals surface area contributed by atoms with E-state index in [0.717, 1.165) is 25.3 Å². The number of unbranched alkanes of at least 4 members (excludes halogenated alkanes) is 2. The fraction of sp³-hybridized carbons (Fsp3) is 0.391. The molecule has 2 aromatic carbocycles. The van der Waals surface area contributed by atoms with Crippen LogP contribution in [-0.2, 0) is 24.3 Å². The molecule has 180 valence electrons. The lowest BCUT2D eigenvalue weighted by atomic mass is 10.1. The zero-order chi connectivity index (χ0) is 24.3. The second-order valence-electron chi connectivity index (χ2n) is 7.26. The molecule has 0 amide bonds. The smallest absolute Gasteiger partial charge is 0.341 e. The van der Waals surface area contributed by atoms with E-state index in [1.54, 1.807) is 30.3 Å². The number of nitrogens with one attached hydrogen (secondary N) is 1. The Labute approximate surface area is 194 Å². The Kier molecular flexibility index (Phi) is 10.1. The molecule has 2 aromatic rings. The summed E-state index contributed by atoms with van der Waals surface area (Å²) in [7, 11) is -4.27. The Morgan fingerprint density at radius 3 is 2.33 bits per heavy atom. The fourth-order valence-corrected chi connectivity index (χ4v) is 3.50. The minimum Gasteiger partial charge on any atom is -0.454 e. The molecule has 9 nitrogen and oxygen atoms in total. The second kappa shape index (κ2) is 12.8. The molecule has 0 fully saturated rings. The van der Waals surface area contributed by atoms with E-state index in [9.17, 15) is 18.0 Å². The van der Waals surface area contributed by atoms with Gasteiger partial charge >= 0.3 is 11.9 Å². The lowest BCUT2D eigenvalue weighted by Crippen LogP contribution is -2.17. The number of hydrogen-bond donors (Lipinski definition) is 2. The second-order valence-corrected chi connectivity index (χ2v) is 8.79. The zero-order valence-corrected chi connectivity index (χ0v) is 19.7. The molecule has 0 spiro atoms. The largest absolute Gasteiger partial charge is 0.454 e. The number of primary sulfonamides is 1. The molecule has 10 heteroatoms. The molecule has 0 saturated heterocycles. The van der Waals surface area contributed by atoms with Crippen LogP contribution >= 0.6 is 0 Å². The van der Waals surface area contributed by atoms with Gasteiger partial charge in [-0.05, 0) is 37.1 Å². The van der Waals surface area contributed by atoms with E-state index in [0.29, 0.717) is 18.7 Å². The van der Waals surface area contributed by atoms with Crippen molar-refractivity contribution >= 4 is 27.6 Å². The normalized spacial score (nSPS) is 11.0. The number of para-hydroxylation sites is 1. The van der Waals surface area contributed by atoms with Crippen molar-refractivity contribution in [1.29, 1.82) is 0 Å². The molecular weight excluding hydrogens is 448 g/mol. The van der Waals surface area contributed by atoms with Crippen LogP contribution in [0.2, 0.25) is 0 Å². The summed E-state index contributed by atoms with van der Waals surface area (Å²) in [5, 5.41) is 8.53. The first-order valence-corrected chi connectivity index (χ1v) is 12.3. The summed E-state index contributed by atoms with van der Waals surface area (Å²) in [5.74, 6) is -0.978. The molecule has 0 saturated carbocycles. The summed E-state index contributed by atoms with van der Waals surface area (Å²) in [5.41, 5.74) is 0.189. The molecule has 33 heavy (non-hydrogen) atoms. The Morgan fingerprint density at radius 2 is 1.70 bits per heavy atom. The maximum Gasteiger partial charge on any atom is 0.341 e. The van der Waals surface area contributed by atoms with Crippen molar-refractivity contribution in [1.82, 2.24) is 0 Å². The van der Waals surface area contributed by atoms with Crippen molar-refractivity contribution in [3.63, 3.8) is 0 Å². The number of carbonyl (C=O) groups is 2. The van der Waals surface area contributed by atoms with E-state index in [1.807, 2.05) is 13.8 Å². The first-order valence-electron chi connectivity index (χ1n) is 10.8. The van der Waals surface area contributed by atoms with E-state index in [2.05, 4.69) is 5.32 Å². The third-order valence-electron chi connectivity index (χ3n) is 4.55. The zero-order valence-electron chi connectivity index (χ0n) is 18.8. The van der Waals surface area contributed by atoms with Gasteiger partial charge in [-0.2, -0.15) is 0 Å². The highest BCUT2D eigenvalue weighted by Crippen LogP contribution is 2.37. The standard InChI is InChI=1S/C23H30N2O7S/c1-3-5-12-21(26)30-16-31-23(27)17-14-19(25-13-6-4-2)22(20(15-17)33(24,28)29)32-18-10-8-7-9-11-18/h7-11,14-15,25H,3-6,12-13,16H2,1-2H3,(H2,24,28,29). The van der Waals surface area contributed by atoms with Gasteiger partial charge < -0.3 is 19.5 Å². The Morgan fingerprint density at radius 1 is 1.00 bits per heavy atom. The van der Waals surface area contributed by atoms with Crippen LogP contribution in [0.5, 0.6) is 11.5 Å². The van der Waals surface area contributed by atoms with E-state index in [4.69, 9.17) is 19.3 Å². The van der Waals surface area contributed by atoms with Gasteiger partial charge in [0, 0.05) is 13.0 Å². The first kappa shape index (κ1) is 26.1. The summed E-state index contributed by atoms with van der Waals surface area (Å²) in [6.45, 7) is 3.88. The predicted octanol–water partition coefficient (Wildman–Crippen LogP) is 4.19. The van der Waals surface area contributed by atoms with Crippen LogP contribution in [0.25, 0.3) is 0 Å². The summed E-state index contributed by atoms with van der Waals surface area (Å²) in [4.78, 5) is 23.8. The molecule has 0 aromatic heterocycles. The molecular formula is C23H30N2O7S. The number of anilines is 1. The number of rotatable bonds is 13. The third kappa shape index (κ3) is 8.39. The number of nitrogens with two attached hydrogens (primary N) is 1. The molecule has 0 aliphatic carbocycles. The maximum atomic E-state index is 12.6. The minimum absolute atomic E-state index is 0.0256. The van der Waals surface area contributed by atoms with Crippen LogP contribution in [0.1, 0.15) is 56.3 Å². The summed E-state index contributed by atoms with van der Waals surface area (Å²) in [6, 6.07) is 11.1. The average Bonchev–Trinajstić information content (AvgIpc) is 2.78. The van der Waals surface area contributed by atoms with E-state index >= 15 is 0 Å². The first-order chi connectivity index (χ1) is 15.8. The summed E-state index contributed by atoms with van der Waals surface area (Å²) in [6.07, 6.45) is 3.42. The minimum atomic E-state index is -4.27. The predicted molar refractivity (Wildman–Crippen MR) is 124 cm³/mol. The van der Waals surface area contributed by atoms with E-state index < -0.39 is 28.8 Å². The lowest BCUT2D eigenvalue weighted by Gasteiger charge is -2.17. The maximum absolute atomic E-state index is 12.6. The van der Waals surface area contributed by atoms with Crippen LogP contribution in [0.15, 0.2) is 47.4 Å². The van der Waals surface area contributed by atoms with Gasteiger partial charge in [-0.15, -0.1) is 0 Å².